The van der Waals surface area contributed by atoms with Crippen LogP contribution in [0.3, 0.4) is 0 Å². The maximum absolute atomic E-state index is 10.1. The molecule has 2 aromatic rings. The lowest BCUT2D eigenvalue weighted by Crippen LogP contribution is -1.98. The molecule has 1 unspecified atom stereocenters. The Labute approximate surface area is 106 Å². The van der Waals surface area contributed by atoms with E-state index < -0.39 is 6.10 Å². The highest BCUT2D eigenvalue weighted by Gasteiger charge is 2.14. The van der Waals surface area contributed by atoms with E-state index >= 15 is 0 Å². The minimum Gasteiger partial charge on any atom is -0.447 e. The van der Waals surface area contributed by atoms with E-state index in [1.54, 1.807) is 12.1 Å². The Hall–Kier alpha value is -1.25. The van der Waals surface area contributed by atoms with Gasteiger partial charge in [0.2, 0.25) is 0 Å². The summed E-state index contributed by atoms with van der Waals surface area (Å²) < 4.78 is 5.21. The average molecular weight is 251 g/mol. The molecule has 0 aliphatic heterocycles. The van der Waals surface area contributed by atoms with Crippen LogP contribution in [-0.2, 0) is 6.42 Å². The van der Waals surface area contributed by atoms with Gasteiger partial charge in [-0.05, 0) is 41.3 Å². The average Bonchev–Trinajstić information content (AvgIpc) is 2.76. The van der Waals surface area contributed by atoms with Crippen molar-refractivity contribution in [3.63, 3.8) is 0 Å². The van der Waals surface area contributed by atoms with Gasteiger partial charge in [0.1, 0.15) is 11.9 Å². The molecule has 2 rings (SSSR count). The Kier molecular flexibility index (Phi) is 3.87. The van der Waals surface area contributed by atoms with Crippen molar-refractivity contribution < 1.29 is 9.52 Å². The third-order valence-electron chi connectivity index (χ3n) is 2.67. The molecule has 3 heteroatoms. The minimum atomic E-state index is -0.751. The predicted molar refractivity (Wildman–Crippen MR) is 68.2 cm³/mol. The molecule has 2 nitrogen and oxygen atoms in total. The lowest BCUT2D eigenvalue weighted by Gasteiger charge is -2.09. The van der Waals surface area contributed by atoms with Crippen LogP contribution in [0.4, 0.5) is 0 Å². The molecule has 0 radical (unpaired) electrons. The number of furan rings is 1. The van der Waals surface area contributed by atoms with Gasteiger partial charge < -0.3 is 9.52 Å². The lowest BCUT2D eigenvalue weighted by molar-refractivity contribution is 0.189. The second-order valence-corrected chi connectivity index (χ2v) is 4.41. The first kappa shape index (κ1) is 12.2. The van der Waals surface area contributed by atoms with Crippen molar-refractivity contribution in [1.29, 1.82) is 0 Å². The largest absolute Gasteiger partial charge is 0.447 e. The molecule has 1 heterocycles. The molecule has 0 bridgehead atoms. The summed E-state index contributed by atoms with van der Waals surface area (Å²) in [6.45, 7) is 2.13. The van der Waals surface area contributed by atoms with Crippen LogP contribution in [0, 0.1) is 0 Å². The molecular weight excluding hydrogens is 236 g/mol. The maximum Gasteiger partial charge on any atom is 0.193 e. The maximum atomic E-state index is 10.1. The smallest absolute Gasteiger partial charge is 0.193 e. The fourth-order valence-corrected chi connectivity index (χ4v) is 2.00. The quantitative estimate of drug-likeness (QED) is 0.891. The Morgan fingerprint density at radius 3 is 2.76 bits per heavy atom. The summed E-state index contributed by atoms with van der Waals surface area (Å²) in [6.07, 6.45) is 1.35. The van der Waals surface area contributed by atoms with Crippen LogP contribution < -0.4 is 0 Å². The van der Waals surface area contributed by atoms with Crippen molar-refractivity contribution in [2.24, 2.45) is 0 Å². The first-order valence-corrected chi connectivity index (χ1v) is 6.10. The highest BCUT2D eigenvalue weighted by atomic mass is 35.5. The van der Waals surface area contributed by atoms with Crippen molar-refractivity contribution in [1.82, 2.24) is 0 Å². The monoisotopic (exact) mass is 250 g/mol. The van der Waals surface area contributed by atoms with Gasteiger partial charge in [-0.1, -0.05) is 37.6 Å². The number of aryl methyl sites for hydroxylation is 1. The second kappa shape index (κ2) is 5.39. The number of rotatable bonds is 4. The molecule has 90 valence electrons. The fourth-order valence-electron chi connectivity index (χ4n) is 1.85. The number of hydrogen-bond acceptors (Lipinski definition) is 2. The topological polar surface area (TPSA) is 33.4 Å². The van der Waals surface area contributed by atoms with Crippen molar-refractivity contribution in [3.8, 4) is 0 Å². The van der Waals surface area contributed by atoms with Crippen LogP contribution in [0.2, 0.25) is 5.22 Å². The molecule has 0 aliphatic carbocycles. The number of aliphatic hydroxyl groups is 1. The standard InChI is InChI=1S/C14H15ClO2/c1-2-4-10-5-3-6-11(9-10)14(16)12-7-8-13(15)17-12/h3,5-9,14,16H,2,4H2,1H3. The molecule has 1 atom stereocenters. The molecule has 1 aromatic carbocycles. The van der Waals surface area contributed by atoms with Crippen LogP contribution in [0.25, 0.3) is 0 Å². The molecule has 0 amide bonds. The molecule has 0 saturated carbocycles. The Morgan fingerprint density at radius 2 is 2.12 bits per heavy atom. The van der Waals surface area contributed by atoms with Crippen molar-refractivity contribution in [2.75, 3.05) is 0 Å². The van der Waals surface area contributed by atoms with Gasteiger partial charge in [0.15, 0.2) is 5.22 Å². The molecule has 0 spiro atoms. The van der Waals surface area contributed by atoms with Crippen LogP contribution in [0.5, 0.6) is 0 Å². The van der Waals surface area contributed by atoms with Crippen molar-refractivity contribution in [3.05, 3.63) is 58.5 Å². The van der Waals surface area contributed by atoms with E-state index in [0.717, 1.165) is 18.4 Å². The van der Waals surface area contributed by atoms with Crippen LogP contribution in [0.15, 0.2) is 40.8 Å². The molecule has 0 aliphatic rings. The Bertz CT molecular complexity index is 490. The summed E-state index contributed by atoms with van der Waals surface area (Å²) in [6, 6.07) is 11.2. The predicted octanol–water partition coefficient (Wildman–Crippen LogP) is 3.97. The zero-order chi connectivity index (χ0) is 12.3. The normalized spacial score (nSPS) is 12.6. The van der Waals surface area contributed by atoms with E-state index in [2.05, 4.69) is 13.0 Å². The number of aliphatic hydroxyl groups excluding tert-OH is 1. The zero-order valence-electron chi connectivity index (χ0n) is 9.69. The highest BCUT2D eigenvalue weighted by molar-refractivity contribution is 6.28. The second-order valence-electron chi connectivity index (χ2n) is 4.04. The van der Waals surface area contributed by atoms with Gasteiger partial charge in [-0.25, -0.2) is 0 Å². The summed E-state index contributed by atoms with van der Waals surface area (Å²) in [5, 5.41) is 10.4. The van der Waals surface area contributed by atoms with Gasteiger partial charge in [-0.3, -0.25) is 0 Å². The SMILES string of the molecule is CCCc1cccc(C(O)c2ccc(Cl)o2)c1. The number of halogens is 1. The number of hydrogen-bond donors (Lipinski definition) is 1. The number of benzene rings is 1. The molecule has 0 saturated heterocycles. The summed E-state index contributed by atoms with van der Waals surface area (Å²) in [5.41, 5.74) is 2.06. The summed E-state index contributed by atoms with van der Waals surface area (Å²) in [4.78, 5) is 0. The van der Waals surface area contributed by atoms with Crippen LogP contribution >= 0.6 is 11.6 Å². The molecule has 1 N–H and O–H groups in total. The van der Waals surface area contributed by atoms with Crippen molar-refractivity contribution >= 4 is 11.6 Å². The van der Waals surface area contributed by atoms with Gasteiger partial charge >= 0.3 is 0 Å². The van der Waals surface area contributed by atoms with Gasteiger partial charge in [0, 0.05) is 0 Å². The van der Waals surface area contributed by atoms with Crippen molar-refractivity contribution in [2.45, 2.75) is 25.9 Å². The van der Waals surface area contributed by atoms with Crippen LogP contribution in [-0.4, -0.2) is 5.11 Å². The lowest BCUT2D eigenvalue weighted by atomic mass is 10.0. The van der Waals surface area contributed by atoms with E-state index in [-0.39, 0.29) is 0 Å². The van der Waals surface area contributed by atoms with Gasteiger partial charge in [-0.2, -0.15) is 0 Å². The Balaban J connectivity index is 2.24. The minimum absolute atomic E-state index is 0.295. The third-order valence-corrected chi connectivity index (χ3v) is 2.87. The Morgan fingerprint density at radius 1 is 1.29 bits per heavy atom. The molecular formula is C14H15ClO2. The summed E-state index contributed by atoms with van der Waals surface area (Å²) in [7, 11) is 0. The first-order valence-electron chi connectivity index (χ1n) is 5.73. The van der Waals surface area contributed by atoms with Crippen LogP contribution in [0.1, 0.15) is 36.3 Å². The van der Waals surface area contributed by atoms with Gasteiger partial charge in [0.05, 0.1) is 0 Å². The summed E-state index contributed by atoms with van der Waals surface area (Å²) in [5.74, 6) is 0.476. The molecule has 0 fully saturated rings. The fraction of sp³-hybridized carbons (Fsp3) is 0.286. The van der Waals surface area contributed by atoms with E-state index in [0.29, 0.717) is 11.0 Å². The molecule has 1 aromatic heterocycles. The van der Waals surface area contributed by atoms with E-state index in [1.807, 2.05) is 18.2 Å². The van der Waals surface area contributed by atoms with Gasteiger partial charge in [0.25, 0.3) is 0 Å². The highest BCUT2D eigenvalue weighted by Crippen LogP contribution is 2.26. The third kappa shape index (κ3) is 2.90. The zero-order valence-corrected chi connectivity index (χ0v) is 10.4. The summed E-state index contributed by atoms with van der Waals surface area (Å²) >= 11 is 5.70. The molecule has 17 heavy (non-hydrogen) atoms. The van der Waals surface area contributed by atoms with Gasteiger partial charge in [-0.15, -0.1) is 0 Å². The van der Waals surface area contributed by atoms with E-state index in [9.17, 15) is 5.11 Å². The first-order chi connectivity index (χ1) is 8.20. The van der Waals surface area contributed by atoms with E-state index in [1.165, 1.54) is 5.56 Å². The van der Waals surface area contributed by atoms with E-state index in [4.69, 9.17) is 16.0 Å².